The number of rotatable bonds is 4. The topological polar surface area (TPSA) is 86.7 Å². The van der Waals surface area contributed by atoms with Gasteiger partial charge in [0.25, 0.3) is 0 Å². The van der Waals surface area contributed by atoms with E-state index >= 15 is 0 Å². The minimum atomic E-state index is -3.88. The molecule has 27 heavy (non-hydrogen) atoms. The second-order valence-corrected chi connectivity index (χ2v) is 9.97. The van der Waals surface area contributed by atoms with E-state index in [1.807, 2.05) is 0 Å². The molecule has 1 amide bonds. The van der Waals surface area contributed by atoms with Crippen molar-refractivity contribution in [1.82, 2.24) is 9.62 Å². The Morgan fingerprint density at radius 2 is 1.85 bits per heavy atom. The van der Waals surface area contributed by atoms with E-state index < -0.39 is 15.9 Å². The number of aliphatic hydroxyl groups excluding tert-OH is 1. The number of hydrogen-bond donors (Lipinski definition) is 2. The molecule has 0 aromatic heterocycles. The van der Waals surface area contributed by atoms with Gasteiger partial charge in [-0.15, -0.1) is 0 Å². The maximum absolute atomic E-state index is 13.0. The summed E-state index contributed by atoms with van der Waals surface area (Å²) in [6.45, 7) is 0.431. The smallest absolute Gasteiger partial charge is 0.246 e. The molecule has 150 valence electrons. The lowest BCUT2D eigenvalue weighted by Crippen LogP contribution is -2.48. The molecule has 0 radical (unpaired) electrons. The molecule has 0 bridgehead atoms. The third kappa shape index (κ3) is 4.77. The SMILES string of the molecule is O=C(NC1CCCC(O)C1)C1CCCN(S(=O)(=O)c2c(Cl)cccc2Cl)C1. The zero-order chi connectivity index (χ0) is 19.6. The molecular weight excluding hydrogens is 411 g/mol. The van der Waals surface area contributed by atoms with E-state index in [0.29, 0.717) is 25.8 Å². The Bertz CT molecular complexity index is 782. The predicted molar refractivity (Wildman–Crippen MR) is 104 cm³/mol. The van der Waals surface area contributed by atoms with Crippen molar-refractivity contribution in [3.63, 3.8) is 0 Å². The van der Waals surface area contributed by atoms with Crippen LogP contribution in [0.3, 0.4) is 0 Å². The van der Waals surface area contributed by atoms with Crippen LogP contribution in [-0.4, -0.2) is 49.0 Å². The molecule has 1 saturated heterocycles. The molecule has 6 nitrogen and oxygen atoms in total. The number of aliphatic hydroxyl groups is 1. The summed E-state index contributed by atoms with van der Waals surface area (Å²) >= 11 is 12.2. The first kappa shape index (κ1) is 20.9. The van der Waals surface area contributed by atoms with Crippen LogP contribution in [0.4, 0.5) is 0 Å². The van der Waals surface area contributed by atoms with E-state index in [0.717, 1.165) is 19.3 Å². The fourth-order valence-corrected chi connectivity index (χ4v) is 6.46. The van der Waals surface area contributed by atoms with Crippen LogP contribution in [0.5, 0.6) is 0 Å². The van der Waals surface area contributed by atoms with Crippen LogP contribution in [-0.2, 0) is 14.8 Å². The second kappa shape index (κ2) is 8.66. The Morgan fingerprint density at radius 1 is 1.15 bits per heavy atom. The normalized spacial score (nSPS) is 27.3. The molecule has 1 aromatic carbocycles. The van der Waals surface area contributed by atoms with Gasteiger partial charge in [-0.25, -0.2) is 8.42 Å². The Labute approximate surface area is 169 Å². The van der Waals surface area contributed by atoms with Crippen LogP contribution in [0.1, 0.15) is 38.5 Å². The van der Waals surface area contributed by atoms with Gasteiger partial charge in [0, 0.05) is 19.1 Å². The monoisotopic (exact) mass is 434 g/mol. The number of hydrogen-bond acceptors (Lipinski definition) is 4. The fraction of sp³-hybridized carbons (Fsp3) is 0.611. The highest BCUT2D eigenvalue weighted by Crippen LogP contribution is 2.33. The lowest BCUT2D eigenvalue weighted by atomic mass is 9.91. The number of carbonyl (C=O) groups is 1. The average Bonchev–Trinajstić information content (AvgIpc) is 2.61. The largest absolute Gasteiger partial charge is 0.393 e. The van der Waals surface area contributed by atoms with Crippen molar-refractivity contribution in [2.75, 3.05) is 13.1 Å². The van der Waals surface area contributed by atoms with E-state index in [-0.39, 0.29) is 39.5 Å². The van der Waals surface area contributed by atoms with Crippen molar-refractivity contribution in [3.8, 4) is 0 Å². The quantitative estimate of drug-likeness (QED) is 0.762. The molecule has 1 heterocycles. The first-order chi connectivity index (χ1) is 12.8. The molecule has 9 heteroatoms. The van der Waals surface area contributed by atoms with Gasteiger partial charge < -0.3 is 10.4 Å². The van der Waals surface area contributed by atoms with Crippen molar-refractivity contribution in [2.45, 2.75) is 55.6 Å². The summed E-state index contributed by atoms with van der Waals surface area (Å²) in [7, 11) is -3.88. The molecule has 0 spiro atoms. The minimum Gasteiger partial charge on any atom is -0.393 e. The lowest BCUT2D eigenvalue weighted by molar-refractivity contribution is -0.127. The van der Waals surface area contributed by atoms with Crippen molar-refractivity contribution in [2.24, 2.45) is 5.92 Å². The Morgan fingerprint density at radius 3 is 2.52 bits per heavy atom. The standard InChI is InChI=1S/C18H24Cl2N2O4S/c19-15-7-2-8-16(20)17(15)27(25,26)22-9-3-4-12(11-22)18(24)21-13-5-1-6-14(23)10-13/h2,7-8,12-14,23H,1,3-6,9-11H2,(H,21,24). The van der Waals surface area contributed by atoms with Crippen molar-refractivity contribution in [3.05, 3.63) is 28.2 Å². The van der Waals surface area contributed by atoms with Gasteiger partial charge >= 0.3 is 0 Å². The summed E-state index contributed by atoms with van der Waals surface area (Å²) in [6, 6.07) is 4.52. The summed E-state index contributed by atoms with van der Waals surface area (Å²) in [5, 5.41) is 12.9. The van der Waals surface area contributed by atoms with E-state index in [4.69, 9.17) is 23.2 Å². The first-order valence-corrected chi connectivity index (χ1v) is 11.4. The second-order valence-electron chi connectivity index (χ2n) is 7.28. The molecule has 3 rings (SSSR count). The molecular formula is C18H24Cl2N2O4S. The number of piperidine rings is 1. The van der Waals surface area contributed by atoms with Crippen molar-refractivity contribution >= 4 is 39.1 Å². The highest BCUT2D eigenvalue weighted by atomic mass is 35.5. The molecule has 3 unspecified atom stereocenters. The van der Waals surface area contributed by atoms with Crippen LogP contribution in [0.25, 0.3) is 0 Å². The van der Waals surface area contributed by atoms with Crippen LogP contribution in [0.2, 0.25) is 10.0 Å². The fourth-order valence-electron chi connectivity index (χ4n) is 3.85. The van der Waals surface area contributed by atoms with Gasteiger partial charge in [-0.2, -0.15) is 4.31 Å². The first-order valence-electron chi connectivity index (χ1n) is 9.21. The minimum absolute atomic E-state index is 0.0498. The van der Waals surface area contributed by atoms with E-state index in [2.05, 4.69) is 5.32 Å². The van der Waals surface area contributed by atoms with Gasteiger partial charge in [-0.1, -0.05) is 29.3 Å². The Hall–Kier alpha value is -0.860. The van der Waals surface area contributed by atoms with Crippen LogP contribution in [0, 0.1) is 5.92 Å². The van der Waals surface area contributed by atoms with E-state index in [1.165, 1.54) is 16.4 Å². The third-order valence-electron chi connectivity index (χ3n) is 5.26. The highest BCUT2D eigenvalue weighted by molar-refractivity contribution is 7.89. The van der Waals surface area contributed by atoms with Gasteiger partial charge in [-0.05, 0) is 50.7 Å². The molecule has 1 aliphatic heterocycles. The number of carbonyl (C=O) groups excluding carboxylic acids is 1. The highest BCUT2D eigenvalue weighted by Gasteiger charge is 2.36. The Balaban J connectivity index is 1.71. The third-order valence-corrected chi connectivity index (χ3v) is 8.09. The number of amides is 1. The van der Waals surface area contributed by atoms with Crippen molar-refractivity contribution in [1.29, 1.82) is 0 Å². The van der Waals surface area contributed by atoms with Crippen LogP contribution in [0.15, 0.2) is 23.1 Å². The lowest BCUT2D eigenvalue weighted by Gasteiger charge is -2.33. The molecule has 2 aliphatic rings. The molecule has 1 saturated carbocycles. The summed E-state index contributed by atoms with van der Waals surface area (Å²) in [5.41, 5.74) is 0. The maximum Gasteiger partial charge on any atom is 0.246 e. The zero-order valence-corrected chi connectivity index (χ0v) is 17.2. The number of halogens is 2. The molecule has 2 fully saturated rings. The van der Waals surface area contributed by atoms with Crippen LogP contribution >= 0.6 is 23.2 Å². The van der Waals surface area contributed by atoms with Gasteiger partial charge in [-0.3, -0.25) is 4.79 Å². The molecule has 1 aromatic rings. The maximum atomic E-state index is 13.0. The average molecular weight is 435 g/mol. The van der Waals surface area contributed by atoms with Gasteiger partial charge in [0.1, 0.15) is 4.90 Å². The van der Waals surface area contributed by atoms with Gasteiger partial charge in [0.2, 0.25) is 15.9 Å². The van der Waals surface area contributed by atoms with Gasteiger partial charge in [0.05, 0.1) is 22.1 Å². The molecule has 3 atom stereocenters. The van der Waals surface area contributed by atoms with Gasteiger partial charge in [0.15, 0.2) is 0 Å². The van der Waals surface area contributed by atoms with Crippen LogP contribution < -0.4 is 5.32 Å². The zero-order valence-electron chi connectivity index (χ0n) is 14.9. The summed E-state index contributed by atoms with van der Waals surface area (Å²) < 4.78 is 27.3. The summed E-state index contributed by atoms with van der Waals surface area (Å²) in [5.74, 6) is -0.576. The molecule has 1 aliphatic carbocycles. The van der Waals surface area contributed by atoms with E-state index in [1.54, 1.807) is 6.07 Å². The summed E-state index contributed by atoms with van der Waals surface area (Å²) in [6.07, 6.45) is 3.87. The number of nitrogens with zero attached hydrogens (tertiary/aromatic N) is 1. The Kier molecular flexibility index (Phi) is 6.69. The van der Waals surface area contributed by atoms with Crippen molar-refractivity contribution < 1.29 is 18.3 Å². The predicted octanol–water partition coefficient (Wildman–Crippen LogP) is 2.81. The number of nitrogens with one attached hydrogen (secondary N) is 1. The number of benzene rings is 1. The van der Waals surface area contributed by atoms with E-state index in [9.17, 15) is 18.3 Å². The summed E-state index contributed by atoms with van der Waals surface area (Å²) in [4.78, 5) is 12.5. The molecule has 2 N–H and O–H groups in total. The number of sulfonamides is 1.